The maximum atomic E-state index is 13.2. The molecule has 0 radical (unpaired) electrons. The molecular weight excluding hydrogens is 454 g/mol. The van der Waals surface area contributed by atoms with Crippen molar-refractivity contribution < 1.29 is 22.7 Å². The fourth-order valence-corrected chi connectivity index (χ4v) is 6.10. The maximum absolute atomic E-state index is 13.2. The summed E-state index contributed by atoms with van der Waals surface area (Å²) >= 11 is 0. The number of hydrogen-bond acceptors (Lipinski definition) is 5. The van der Waals surface area contributed by atoms with Gasteiger partial charge in [-0.3, -0.25) is 0 Å². The van der Waals surface area contributed by atoms with E-state index in [-0.39, 0.29) is 31.1 Å². The second kappa shape index (κ2) is 9.84. The molecule has 8 nitrogen and oxygen atoms in total. The van der Waals surface area contributed by atoms with Crippen LogP contribution < -0.4 is 14.8 Å². The van der Waals surface area contributed by atoms with E-state index in [1.165, 1.54) is 4.31 Å². The number of benzene rings is 2. The SMILES string of the molecule is Cc1ccc(S(=O)(=O)N2CCN(C(=O)N[C@@H](c3ccc4c(c3)OCCO4)C(C)C)CC2)c(C)c1. The van der Waals surface area contributed by atoms with Crippen LogP contribution in [-0.2, 0) is 10.0 Å². The van der Waals surface area contributed by atoms with Crippen molar-refractivity contribution in [2.45, 2.75) is 38.6 Å². The largest absolute Gasteiger partial charge is 0.486 e. The molecule has 0 bridgehead atoms. The fraction of sp³-hybridized carbons (Fsp3) is 0.480. The summed E-state index contributed by atoms with van der Waals surface area (Å²) in [6.07, 6.45) is 0. The fourth-order valence-electron chi connectivity index (χ4n) is 4.47. The quantitative estimate of drug-likeness (QED) is 0.698. The first kappa shape index (κ1) is 24.3. The minimum atomic E-state index is -3.60. The third-order valence-corrected chi connectivity index (χ3v) is 8.40. The molecule has 0 aromatic heterocycles. The highest BCUT2D eigenvalue weighted by Crippen LogP contribution is 2.34. The third kappa shape index (κ3) is 5.00. The molecular formula is C25H33N3O5S. The first-order chi connectivity index (χ1) is 16.2. The number of nitrogens with one attached hydrogen (secondary N) is 1. The molecule has 2 aliphatic rings. The van der Waals surface area contributed by atoms with Gasteiger partial charge in [0.25, 0.3) is 0 Å². The van der Waals surface area contributed by atoms with E-state index in [1.807, 2.05) is 44.2 Å². The monoisotopic (exact) mass is 487 g/mol. The van der Waals surface area contributed by atoms with Crippen molar-refractivity contribution in [1.29, 1.82) is 0 Å². The van der Waals surface area contributed by atoms with Crippen molar-refractivity contribution in [3.63, 3.8) is 0 Å². The van der Waals surface area contributed by atoms with E-state index in [1.54, 1.807) is 11.0 Å². The Balaban J connectivity index is 1.41. The minimum absolute atomic E-state index is 0.151. The van der Waals surface area contributed by atoms with E-state index in [9.17, 15) is 13.2 Å². The van der Waals surface area contributed by atoms with Gasteiger partial charge in [-0.05, 0) is 49.1 Å². The average Bonchev–Trinajstić information content (AvgIpc) is 2.81. The van der Waals surface area contributed by atoms with E-state index in [0.717, 1.165) is 16.7 Å². The second-order valence-corrected chi connectivity index (χ2v) is 11.1. The van der Waals surface area contributed by atoms with Gasteiger partial charge in [0, 0.05) is 26.2 Å². The summed E-state index contributed by atoms with van der Waals surface area (Å²) in [6.45, 7) is 10.1. The van der Waals surface area contributed by atoms with Gasteiger partial charge in [-0.15, -0.1) is 0 Å². The van der Waals surface area contributed by atoms with Crippen molar-refractivity contribution in [3.8, 4) is 11.5 Å². The maximum Gasteiger partial charge on any atom is 0.317 e. The Morgan fingerprint density at radius 3 is 2.26 bits per heavy atom. The summed E-state index contributed by atoms with van der Waals surface area (Å²) in [4.78, 5) is 15.1. The van der Waals surface area contributed by atoms with Crippen LogP contribution in [0, 0.1) is 19.8 Å². The van der Waals surface area contributed by atoms with Crippen LogP contribution in [0.4, 0.5) is 4.79 Å². The Morgan fingerprint density at radius 1 is 0.941 bits per heavy atom. The Bertz CT molecular complexity index is 1160. The lowest BCUT2D eigenvalue weighted by atomic mass is 9.95. The van der Waals surface area contributed by atoms with Gasteiger partial charge in [-0.2, -0.15) is 4.31 Å². The number of aryl methyl sites for hydroxylation is 2. The minimum Gasteiger partial charge on any atom is -0.486 e. The highest BCUT2D eigenvalue weighted by molar-refractivity contribution is 7.89. The van der Waals surface area contributed by atoms with Crippen molar-refractivity contribution >= 4 is 16.1 Å². The van der Waals surface area contributed by atoms with E-state index < -0.39 is 10.0 Å². The van der Waals surface area contributed by atoms with Crippen LogP contribution in [0.25, 0.3) is 0 Å². The lowest BCUT2D eigenvalue weighted by molar-refractivity contribution is 0.165. The van der Waals surface area contributed by atoms with Crippen LogP contribution >= 0.6 is 0 Å². The highest BCUT2D eigenvalue weighted by atomic mass is 32.2. The molecule has 1 N–H and O–H groups in total. The lowest BCUT2D eigenvalue weighted by Crippen LogP contribution is -2.53. The normalized spacial score (nSPS) is 17.5. The summed E-state index contributed by atoms with van der Waals surface area (Å²) < 4.78 is 39.1. The molecule has 2 aromatic carbocycles. The molecule has 0 spiro atoms. The number of fused-ring (bicyclic) bond motifs is 1. The van der Waals surface area contributed by atoms with Gasteiger partial charge in [-0.25, -0.2) is 13.2 Å². The van der Waals surface area contributed by atoms with Gasteiger partial charge in [0.1, 0.15) is 13.2 Å². The van der Waals surface area contributed by atoms with Crippen molar-refractivity contribution in [3.05, 3.63) is 53.1 Å². The molecule has 9 heteroatoms. The first-order valence-corrected chi connectivity index (χ1v) is 13.1. The molecule has 1 fully saturated rings. The zero-order valence-corrected chi connectivity index (χ0v) is 21.0. The standard InChI is InChI=1S/C25H33N3O5S/c1-17(2)24(20-6-7-21-22(16-20)33-14-13-32-21)26-25(29)27-9-11-28(12-10-27)34(30,31)23-8-5-18(3)15-19(23)4/h5-8,15-17,24H,9-14H2,1-4H3,(H,26,29)/t24-/m1/s1. The van der Waals surface area contributed by atoms with Crippen LogP contribution in [0.5, 0.6) is 11.5 Å². The number of urea groups is 1. The van der Waals surface area contributed by atoms with Crippen LogP contribution in [-0.4, -0.2) is 63.0 Å². The predicted octanol–water partition coefficient (Wildman–Crippen LogP) is 3.49. The number of carbonyl (C=O) groups excluding carboxylic acids is 1. The van der Waals surface area contributed by atoms with Crippen molar-refractivity contribution in [2.75, 3.05) is 39.4 Å². The molecule has 1 saturated heterocycles. The van der Waals surface area contributed by atoms with Crippen LogP contribution in [0.1, 0.15) is 36.6 Å². The summed E-state index contributed by atoms with van der Waals surface area (Å²) in [6, 6.07) is 10.7. The van der Waals surface area contributed by atoms with Gasteiger partial charge in [0.05, 0.1) is 10.9 Å². The number of rotatable bonds is 5. The number of sulfonamides is 1. The number of piperazine rings is 1. The third-order valence-electron chi connectivity index (χ3n) is 6.35. The molecule has 34 heavy (non-hydrogen) atoms. The summed E-state index contributed by atoms with van der Waals surface area (Å²) in [5.41, 5.74) is 2.71. The van der Waals surface area contributed by atoms with Crippen LogP contribution in [0.3, 0.4) is 0 Å². The smallest absolute Gasteiger partial charge is 0.317 e. The first-order valence-electron chi connectivity index (χ1n) is 11.7. The highest BCUT2D eigenvalue weighted by Gasteiger charge is 2.32. The molecule has 0 aliphatic carbocycles. The summed E-state index contributed by atoms with van der Waals surface area (Å²) in [7, 11) is -3.60. The van der Waals surface area contributed by atoms with Gasteiger partial charge >= 0.3 is 6.03 Å². The number of ether oxygens (including phenoxy) is 2. The van der Waals surface area contributed by atoms with Gasteiger partial charge in [0.2, 0.25) is 10.0 Å². The number of nitrogens with zero attached hydrogens (tertiary/aromatic N) is 2. The topological polar surface area (TPSA) is 88.2 Å². The summed E-state index contributed by atoms with van der Waals surface area (Å²) in [5, 5.41) is 3.13. The van der Waals surface area contributed by atoms with Crippen molar-refractivity contribution in [1.82, 2.24) is 14.5 Å². The summed E-state index contributed by atoms with van der Waals surface area (Å²) in [5.74, 6) is 1.55. The van der Waals surface area contributed by atoms with E-state index in [4.69, 9.17) is 9.47 Å². The van der Waals surface area contributed by atoms with Crippen LogP contribution in [0.2, 0.25) is 0 Å². The van der Waals surface area contributed by atoms with Crippen molar-refractivity contribution in [2.24, 2.45) is 5.92 Å². The Morgan fingerprint density at radius 2 is 1.62 bits per heavy atom. The molecule has 0 saturated carbocycles. The molecule has 2 aromatic rings. The van der Waals surface area contributed by atoms with Gasteiger partial charge < -0.3 is 19.7 Å². The van der Waals surface area contributed by atoms with E-state index >= 15 is 0 Å². The molecule has 2 amide bonds. The molecule has 2 heterocycles. The number of carbonyl (C=O) groups is 1. The Kier molecular flexibility index (Phi) is 7.04. The molecule has 0 unspecified atom stereocenters. The Labute approximate surface area is 201 Å². The van der Waals surface area contributed by atoms with E-state index in [2.05, 4.69) is 19.2 Å². The molecule has 2 aliphatic heterocycles. The zero-order chi connectivity index (χ0) is 24.5. The van der Waals surface area contributed by atoms with Crippen LogP contribution in [0.15, 0.2) is 41.3 Å². The molecule has 4 rings (SSSR count). The van der Waals surface area contributed by atoms with Gasteiger partial charge in [-0.1, -0.05) is 37.6 Å². The number of hydrogen-bond donors (Lipinski definition) is 1. The second-order valence-electron chi connectivity index (χ2n) is 9.23. The molecule has 184 valence electrons. The zero-order valence-electron chi connectivity index (χ0n) is 20.2. The molecule has 1 atom stereocenters. The predicted molar refractivity (Wildman–Crippen MR) is 130 cm³/mol. The average molecular weight is 488 g/mol. The lowest BCUT2D eigenvalue weighted by Gasteiger charge is -2.35. The van der Waals surface area contributed by atoms with Gasteiger partial charge in [0.15, 0.2) is 11.5 Å². The van der Waals surface area contributed by atoms with E-state index in [0.29, 0.717) is 42.7 Å². The Hall–Kier alpha value is -2.78. The number of amides is 2.